The molecular weight excluding hydrogens is 378 g/mol. The molecule has 1 aromatic heterocycles. The molecule has 0 spiro atoms. The molecule has 1 aromatic carbocycles. The van der Waals surface area contributed by atoms with Gasteiger partial charge in [-0.1, -0.05) is 13.0 Å². The molecule has 0 radical (unpaired) electrons. The quantitative estimate of drug-likeness (QED) is 0.642. The highest BCUT2D eigenvalue weighted by Gasteiger charge is 2.21. The number of aromatic nitrogens is 2. The molecule has 3 rings (SSSR count). The van der Waals surface area contributed by atoms with Gasteiger partial charge in [0.25, 0.3) is 0 Å². The normalized spacial score (nSPS) is 14.4. The van der Waals surface area contributed by atoms with Crippen LogP contribution in [0.15, 0.2) is 30.6 Å². The zero-order chi connectivity index (χ0) is 21.3. The molecule has 1 saturated heterocycles. The monoisotopic (exact) mass is 411 g/mol. The number of nitrogens with one attached hydrogen (secondary N) is 2. The van der Waals surface area contributed by atoms with Gasteiger partial charge >= 0.3 is 0 Å². The molecule has 1 amide bonds. The molecule has 7 heteroatoms. The zero-order valence-electron chi connectivity index (χ0n) is 18.3. The summed E-state index contributed by atoms with van der Waals surface area (Å²) in [6, 6.07) is 7.83. The maximum atomic E-state index is 12.4. The second-order valence-electron chi connectivity index (χ2n) is 7.91. The number of hydrogen-bond donors (Lipinski definition) is 2. The maximum absolute atomic E-state index is 12.4. The summed E-state index contributed by atoms with van der Waals surface area (Å²) in [5.74, 6) is 3.16. The van der Waals surface area contributed by atoms with E-state index in [2.05, 4.69) is 32.4 Å². The van der Waals surface area contributed by atoms with Crippen LogP contribution in [0.5, 0.6) is 5.75 Å². The summed E-state index contributed by atoms with van der Waals surface area (Å²) >= 11 is 0. The van der Waals surface area contributed by atoms with Crippen molar-refractivity contribution in [3.05, 3.63) is 36.2 Å². The van der Waals surface area contributed by atoms with E-state index in [9.17, 15) is 4.79 Å². The van der Waals surface area contributed by atoms with E-state index in [1.165, 1.54) is 0 Å². The van der Waals surface area contributed by atoms with Gasteiger partial charge in [-0.05, 0) is 56.2 Å². The van der Waals surface area contributed by atoms with E-state index in [1.807, 2.05) is 31.2 Å². The number of nitrogens with zero attached hydrogens (tertiary/aromatic N) is 3. The van der Waals surface area contributed by atoms with Gasteiger partial charge in [0.1, 0.15) is 23.7 Å². The van der Waals surface area contributed by atoms with Gasteiger partial charge in [-0.15, -0.1) is 0 Å². The van der Waals surface area contributed by atoms with Crippen molar-refractivity contribution >= 4 is 23.2 Å². The number of piperidine rings is 1. The maximum Gasteiger partial charge on any atom is 0.224 e. The number of aryl methyl sites for hydroxylation is 1. The van der Waals surface area contributed by atoms with Crippen molar-refractivity contribution in [2.45, 2.75) is 46.0 Å². The van der Waals surface area contributed by atoms with Crippen molar-refractivity contribution in [3.8, 4) is 5.75 Å². The number of ether oxygens (including phenoxy) is 1. The van der Waals surface area contributed by atoms with Crippen molar-refractivity contribution in [2.75, 3.05) is 42.3 Å². The zero-order valence-corrected chi connectivity index (χ0v) is 18.3. The van der Waals surface area contributed by atoms with Crippen LogP contribution in [0.3, 0.4) is 0 Å². The van der Waals surface area contributed by atoms with Crippen LogP contribution in [0, 0.1) is 12.8 Å². The average molecular weight is 412 g/mol. The van der Waals surface area contributed by atoms with Crippen LogP contribution in [0.2, 0.25) is 0 Å². The average Bonchev–Trinajstić information content (AvgIpc) is 2.77. The Hall–Kier alpha value is -2.83. The lowest BCUT2D eigenvalue weighted by atomic mass is 9.92. The van der Waals surface area contributed by atoms with Gasteiger partial charge < -0.3 is 20.3 Å². The number of hydrogen-bond acceptors (Lipinski definition) is 6. The molecule has 162 valence electrons. The predicted octanol–water partition coefficient (Wildman–Crippen LogP) is 4.25. The Bertz CT molecular complexity index is 834. The van der Waals surface area contributed by atoms with E-state index < -0.39 is 0 Å². The van der Waals surface area contributed by atoms with E-state index in [0.29, 0.717) is 18.1 Å². The fraction of sp³-hybridized carbons (Fsp3) is 0.522. The predicted molar refractivity (Wildman–Crippen MR) is 121 cm³/mol. The second kappa shape index (κ2) is 10.8. The first-order valence-corrected chi connectivity index (χ1v) is 10.8. The Labute approximate surface area is 179 Å². The number of amides is 1. The van der Waals surface area contributed by atoms with Crippen LogP contribution in [0.25, 0.3) is 0 Å². The SMILES string of the molecule is CCCNc1cc(N2CCC(CCC(=O)Nc3cc(C)ccc3OC)CC2)ncn1. The smallest absolute Gasteiger partial charge is 0.224 e. The largest absolute Gasteiger partial charge is 0.495 e. The Morgan fingerprint density at radius 2 is 2.03 bits per heavy atom. The molecule has 0 bridgehead atoms. The van der Waals surface area contributed by atoms with Crippen LogP contribution >= 0.6 is 0 Å². The summed E-state index contributed by atoms with van der Waals surface area (Å²) < 4.78 is 5.34. The number of rotatable bonds is 9. The molecule has 30 heavy (non-hydrogen) atoms. The van der Waals surface area contributed by atoms with Crippen LogP contribution in [-0.2, 0) is 4.79 Å². The number of carbonyl (C=O) groups is 1. The van der Waals surface area contributed by atoms with Crippen LogP contribution in [0.1, 0.15) is 44.6 Å². The minimum absolute atomic E-state index is 0.0452. The summed E-state index contributed by atoms with van der Waals surface area (Å²) in [4.78, 5) is 23.5. The van der Waals surface area contributed by atoms with Gasteiger partial charge in [-0.2, -0.15) is 0 Å². The second-order valence-corrected chi connectivity index (χ2v) is 7.91. The molecule has 1 aliphatic rings. The Kier molecular flexibility index (Phi) is 7.88. The topological polar surface area (TPSA) is 79.4 Å². The summed E-state index contributed by atoms with van der Waals surface area (Å²) in [6.07, 6.45) is 6.27. The first-order chi connectivity index (χ1) is 14.6. The summed E-state index contributed by atoms with van der Waals surface area (Å²) in [5.41, 5.74) is 1.84. The molecule has 0 atom stereocenters. The van der Waals surface area contributed by atoms with Crippen LogP contribution in [0.4, 0.5) is 17.3 Å². The molecule has 0 saturated carbocycles. The van der Waals surface area contributed by atoms with E-state index in [4.69, 9.17) is 4.74 Å². The Morgan fingerprint density at radius 3 is 2.77 bits per heavy atom. The number of methoxy groups -OCH3 is 1. The Balaban J connectivity index is 1.45. The van der Waals surface area contributed by atoms with Crippen LogP contribution < -0.4 is 20.3 Å². The number of carbonyl (C=O) groups excluding carboxylic acids is 1. The number of benzene rings is 1. The third-order valence-electron chi connectivity index (χ3n) is 5.56. The molecule has 1 aliphatic heterocycles. The molecular formula is C23H33N5O2. The molecule has 0 aliphatic carbocycles. The van der Waals surface area contributed by atoms with Crippen molar-refractivity contribution in [1.82, 2.24) is 9.97 Å². The van der Waals surface area contributed by atoms with Crippen LogP contribution in [-0.4, -0.2) is 42.6 Å². The van der Waals surface area contributed by atoms with Gasteiger partial charge in [0.2, 0.25) is 5.91 Å². The fourth-order valence-electron chi connectivity index (χ4n) is 3.79. The van der Waals surface area contributed by atoms with Crippen molar-refractivity contribution in [1.29, 1.82) is 0 Å². The molecule has 2 aromatic rings. The number of anilines is 3. The molecule has 2 N–H and O–H groups in total. The summed E-state index contributed by atoms with van der Waals surface area (Å²) in [5, 5.41) is 6.32. The third kappa shape index (κ3) is 6.08. The minimum atomic E-state index is 0.0452. The van der Waals surface area contributed by atoms with E-state index >= 15 is 0 Å². The highest BCUT2D eigenvalue weighted by molar-refractivity contribution is 5.92. The first-order valence-electron chi connectivity index (χ1n) is 10.8. The molecule has 1 fully saturated rings. The highest BCUT2D eigenvalue weighted by atomic mass is 16.5. The van der Waals surface area contributed by atoms with Gasteiger partial charge in [-0.3, -0.25) is 4.79 Å². The lowest BCUT2D eigenvalue weighted by Gasteiger charge is -2.32. The molecule has 0 unspecified atom stereocenters. The van der Waals surface area contributed by atoms with E-state index in [1.54, 1.807) is 13.4 Å². The molecule has 2 heterocycles. The first kappa shape index (κ1) is 21.9. The summed E-state index contributed by atoms with van der Waals surface area (Å²) in [7, 11) is 1.62. The van der Waals surface area contributed by atoms with Gasteiger partial charge in [0.05, 0.1) is 12.8 Å². The van der Waals surface area contributed by atoms with Gasteiger partial charge in [0, 0.05) is 32.1 Å². The highest BCUT2D eigenvalue weighted by Crippen LogP contribution is 2.28. The van der Waals surface area contributed by atoms with Crippen molar-refractivity contribution in [2.24, 2.45) is 5.92 Å². The van der Waals surface area contributed by atoms with E-state index in [-0.39, 0.29) is 5.91 Å². The molecule has 7 nitrogen and oxygen atoms in total. The lowest BCUT2D eigenvalue weighted by Crippen LogP contribution is -2.34. The van der Waals surface area contributed by atoms with Crippen molar-refractivity contribution < 1.29 is 9.53 Å². The lowest BCUT2D eigenvalue weighted by molar-refractivity contribution is -0.116. The summed E-state index contributed by atoms with van der Waals surface area (Å²) in [6.45, 7) is 6.97. The fourth-order valence-corrected chi connectivity index (χ4v) is 3.79. The Morgan fingerprint density at radius 1 is 1.23 bits per heavy atom. The minimum Gasteiger partial charge on any atom is -0.495 e. The van der Waals surface area contributed by atoms with Gasteiger partial charge in [0.15, 0.2) is 0 Å². The van der Waals surface area contributed by atoms with Gasteiger partial charge in [-0.25, -0.2) is 9.97 Å². The van der Waals surface area contributed by atoms with Crippen molar-refractivity contribution in [3.63, 3.8) is 0 Å². The van der Waals surface area contributed by atoms with E-state index in [0.717, 1.165) is 68.2 Å². The standard InChI is InChI=1S/C23H33N5O2/c1-4-11-24-21-15-22(26-16-25-21)28-12-9-18(10-13-28)6-8-23(29)27-19-14-17(2)5-7-20(19)30-3/h5,7,14-16,18H,4,6,8-13H2,1-3H3,(H,27,29)(H,24,25,26). The third-order valence-corrected chi connectivity index (χ3v) is 5.56.